The maximum atomic E-state index is 9.63. The fourth-order valence-electron chi connectivity index (χ4n) is 6.98. The number of halogens is 2. The average molecular weight is 632 g/mol. The monoisotopic (exact) mass is 630 g/mol. The first-order valence-corrected chi connectivity index (χ1v) is 15.9. The van der Waals surface area contributed by atoms with E-state index >= 15 is 0 Å². The van der Waals surface area contributed by atoms with Crippen molar-refractivity contribution in [3.63, 3.8) is 0 Å². The lowest BCUT2D eigenvalue weighted by Gasteiger charge is -2.42. The number of hydrogen-bond donors (Lipinski definition) is 1. The first-order chi connectivity index (χ1) is 21.3. The van der Waals surface area contributed by atoms with Gasteiger partial charge in [0.05, 0.1) is 42.3 Å². The number of β-amino-alcohol motifs (C(OH)–C–C–N with tert-alkyl or cyclic N) is 1. The summed E-state index contributed by atoms with van der Waals surface area (Å²) in [6.45, 7) is 6.42. The minimum atomic E-state index is -0.281. The van der Waals surface area contributed by atoms with Crippen LogP contribution < -0.4 is 9.47 Å². The lowest BCUT2D eigenvalue weighted by molar-refractivity contribution is -0.00402. The van der Waals surface area contributed by atoms with E-state index in [4.69, 9.17) is 37.7 Å². The molecule has 0 bridgehead atoms. The summed E-state index contributed by atoms with van der Waals surface area (Å²) in [5.41, 5.74) is 8.39. The number of methoxy groups -OCH3 is 2. The van der Waals surface area contributed by atoms with E-state index in [9.17, 15) is 5.11 Å². The topological polar surface area (TPSA) is 71.0 Å². The van der Waals surface area contributed by atoms with Gasteiger partial charge in [-0.3, -0.25) is 14.8 Å². The molecule has 0 amide bonds. The Labute approximate surface area is 268 Å². The number of fused-ring (bicyclic) bond motifs is 1. The smallest absolute Gasteiger partial charge is 0.237 e. The van der Waals surface area contributed by atoms with Crippen LogP contribution in [0.3, 0.4) is 0 Å². The number of aryl methyl sites for hydroxylation is 1. The van der Waals surface area contributed by atoms with Crippen LogP contribution in [-0.4, -0.2) is 71.4 Å². The lowest BCUT2D eigenvalue weighted by atomic mass is 9.93. The minimum absolute atomic E-state index is 0.281. The van der Waals surface area contributed by atoms with Crippen LogP contribution in [0.2, 0.25) is 10.0 Å². The number of rotatable bonds is 8. The molecule has 228 valence electrons. The van der Waals surface area contributed by atoms with Crippen molar-refractivity contribution in [2.24, 2.45) is 5.92 Å². The molecule has 1 atom stereocenters. The molecule has 2 fully saturated rings. The summed E-state index contributed by atoms with van der Waals surface area (Å²) in [6.07, 6.45) is 3.59. The van der Waals surface area contributed by atoms with E-state index in [1.165, 1.54) is 11.1 Å². The summed E-state index contributed by atoms with van der Waals surface area (Å²) < 4.78 is 11.6. The lowest BCUT2D eigenvalue weighted by Crippen LogP contribution is -2.50. The first kappa shape index (κ1) is 29.5. The predicted molar refractivity (Wildman–Crippen MR) is 175 cm³/mol. The molecule has 0 radical (unpaired) electrons. The third-order valence-electron chi connectivity index (χ3n) is 9.19. The number of nitrogens with zero attached hydrogens (tertiary/aromatic N) is 4. The Hall–Kier alpha value is -3.20. The molecule has 3 aromatic carbocycles. The SMILES string of the molecule is COc1cc(-c2cccc(-c3cccc(-c4cnc(CN5CC(O)C5)c(OC)n4)c3Cl)c2Cl)cc2c1C(N1CC(C)C1)CC2. The van der Waals surface area contributed by atoms with Gasteiger partial charge in [-0.25, -0.2) is 4.98 Å². The molecule has 1 unspecified atom stereocenters. The standard InChI is InChI=1S/C35H36Cl2N4O3/c1-20-15-41(16-20)30-11-10-21-12-22(13-31(43-2)32(21)30)24-6-4-7-25(33(24)36)26-8-5-9-27(34(26)37)28-14-38-29(35(39-28)44-3)19-40-17-23(42)18-40/h4-9,12-14,20,23,30,42H,10-11,15-19H2,1-3H3. The number of hydrogen-bond acceptors (Lipinski definition) is 7. The molecular weight excluding hydrogens is 595 g/mol. The van der Waals surface area contributed by atoms with Crippen LogP contribution >= 0.6 is 23.2 Å². The fourth-order valence-corrected chi connectivity index (χ4v) is 7.64. The largest absolute Gasteiger partial charge is 0.496 e. The predicted octanol–water partition coefficient (Wildman–Crippen LogP) is 6.92. The second kappa shape index (κ2) is 12.0. The zero-order valence-electron chi connectivity index (χ0n) is 25.2. The van der Waals surface area contributed by atoms with Crippen molar-refractivity contribution in [2.75, 3.05) is 40.4 Å². The number of benzene rings is 3. The Morgan fingerprint density at radius 1 is 0.909 bits per heavy atom. The van der Waals surface area contributed by atoms with Crippen molar-refractivity contribution < 1.29 is 14.6 Å². The molecule has 2 aliphatic heterocycles. The van der Waals surface area contributed by atoms with Gasteiger partial charge in [-0.1, -0.05) is 72.6 Å². The summed E-state index contributed by atoms with van der Waals surface area (Å²) >= 11 is 14.3. The quantitative estimate of drug-likeness (QED) is 0.227. The Balaban J connectivity index is 1.22. The number of aliphatic hydroxyl groups excluding tert-OH is 1. The van der Waals surface area contributed by atoms with Gasteiger partial charge in [0.25, 0.3) is 0 Å². The number of aliphatic hydroxyl groups is 1. The van der Waals surface area contributed by atoms with Gasteiger partial charge in [-0.15, -0.1) is 0 Å². The van der Waals surface area contributed by atoms with E-state index < -0.39 is 0 Å². The molecule has 3 aliphatic rings. The van der Waals surface area contributed by atoms with Crippen LogP contribution in [0, 0.1) is 5.92 Å². The molecule has 0 spiro atoms. The zero-order valence-corrected chi connectivity index (χ0v) is 26.7. The van der Waals surface area contributed by atoms with Crippen LogP contribution in [-0.2, 0) is 13.0 Å². The van der Waals surface area contributed by atoms with E-state index in [0.29, 0.717) is 47.3 Å². The number of ether oxygens (including phenoxy) is 2. The highest BCUT2D eigenvalue weighted by Crippen LogP contribution is 2.48. The highest BCUT2D eigenvalue weighted by atomic mass is 35.5. The Morgan fingerprint density at radius 3 is 2.25 bits per heavy atom. The maximum Gasteiger partial charge on any atom is 0.237 e. The van der Waals surface area contributed by atoms with E-state index in [1.54, 1.807) is 20.4 Å². The van der Waals surface area contributed by atoms with Crippen LogP contribution in [0.4, 0.5) is 0 Å². The van der Waals surface area contributed by atoms with Gasteiger partial charge in [0.1, 0.15) is 11.4 Å². The highest BCUT2D eigenvalue weighted by Gasteiger charge is 2.37. The molecular formula is C35H36Cl2N4O3. The molecule has 44 heavy (non-hydrogen) atoms. The Morgan fingerprint density at radius 2 is 1.59 bits per heavy atom. The molecule has 7 rings (SSSR count). The van der Waals surface area contributed by atoms with Gasteiger partial charge in [-0.2, -0.15) is 0 Å². The van der Waals surface area contributed by atoms with Crippen molar-refractivity contribution in [1.82, 2.24) is 19.8 Å². The van der Waals surface area contributed by atoms with Crippen LogP contribution in [0.1, 0.15) is 36.2 Å². The van der Waals surface area contributed by atoms with E-state index in [-0.39, 0.29) is 6.10 Å². The fraction of sp³-hybridized carbons (Fsp3) is 0.371. The second-order valence-corrected chi connectivity index (χ2v) is 13.0. The molecule has 1 N–H and O–H groups in total. The van der Waals surface area contributed by atoms with Gasteiger partial charge < -0.3 is 14.6 Å². The normalized spacial score (nSPS) is 19.0. The van der Waals surface area contributed by atoms with Crippen molar-refractivity contribution in [3.8, 4) is 45.1 Å². The zero-order chi connectivity index (χ0) is 30.5. The van der Waals surface area contributed by atoms with E-state index in [0.717, 1.165) is 71.1 Å². The van der Waals surface area contributed by atoms with Crippen LogP contribution in [0.5, 0.6) is 11.6 Å². The summed E-state index contributed by atoms with van der Waals surface area (Å²) in [4.78, 5) is 14.1. The highest BCUT2D eigenvalue weighted by molar-refractivity contribution is 6.39. The minimum Gasteiger partial charge on any atom is -0.496 e. The molecule has 4 aromatic rings. The summed E-state index contributed by atoms with van der Waals surface area (Å²) in [5, 5.41) is 10.8. The first-order valence-electron chi connectivity index (χ1n) is 15.2. The van der Waals surface area contributed by atoms with Gasteiger partial charge in [0.2, 0.25) is 5.88 Å². The van der Waals surface area contributed by atoms with E-state index in [1.807, 2.05) is 30.3 Å². The van der Waals surface area contributed by atoms with Gasteiger partial charge in [0, 0.05) is 66.6 Å². The van der Waals surface area contributed by atoms with Crippen LogP contribution in [0.25, 0.3) is 33.5 Å². The van der Waals surface area contributed by atoms with Crippen molar-refractivity contribution in [3.05, 3.63) is 81.6 Å². The van der Waals surface area contributed by atoms with Crippen molar-refractivity contribution in [1.29, 1.82) is 0 Å². The Bertz CT molecular complexity index is 1720. The van der Waals surface area contributed by atoms with Gasteiger partial charge >= 0.3 is 0 Å². The van der Waals surface area contributed by atoms with Crippen molar-refractivity contribution >= 4 is 23.2 Å². The average Bonchev–Trinajstić information content (AvgIpc) is 3.42. The Kier molecular flexibility index (Phi) is 8.02. The summed E-state index contributed by atoms with van der Waals surface area (Å²) in [5.74, 6) is 2.14. The van der Waals surface area contributed by atoms with Gasteiger partial charge in [-0.05, 0) is 36.0 Å². The van der Waals surface area contributed by atoms with E-state index in [2.05, 4.69) is 39.9 Å². The summed E-state index contributed by atoms with van der Waals surface area (Å²) in [6, 6.07) is 16.8. The molecule has 7 nitrogen and oxygen atoms in total. The van der Waals surface area contributed by atoms with Crippen molar-refractivity contribution in [2.45, 2.75) is 38.5 Å². The summed E-state index contributed by atoms with van der Waals surface area (Å²) in [7, 11) is 3.35. The van der Waals surface area contributed by atoms with Crippen LogP contribution in [0.15, 0.2) is 54.7 Å². The molecule has 1 aromatic heterocycles. The molecule has 2 saturated heterocycles. The molecule has 3 heterocycles. The maximum absolute atomic E-state index is 9.63. The number of likely N-dealkylation sites (tertiary alicyclic amines) is 2. The molecule has 9 heteroatoms. The molecule has 0 saturated carbocycles. The second-order valence-electron chi connectivity index (χ2n) is 12.3. The third kappa shape index (κ3) is 5.25. The molecule has 1 aliphatic carbocycles. The van der Waals surface area contributed by atoms with Gasteiger partial charge in [0.15, 0.2) is 0 Å². The third-order valence-corrected chi connectivity index (χ3v) is 10.0. The number of aromatic nitrogens is 2.